The molecule has 0 bridgehead atoms. The molecule has 0 saturated heterocycles. The van der Waals surface area contributed by atoms with Crippen molar-refractivity contribution in [1.82, 2.24) is 0 Å². The smallest absolute Gasteiger partial charge is 0.0709 e. The molecule has 9 aromatic rings. The molecule has 1 radical (unpaired) electrons. The molecule has 6 aromatic carbocycles. The van der Waals surface area contributed by atoms with Crippen LogP contribution in [0.3, 0.4) is 0 Å². The van der Waals surface area contributed by atoms with Gasteiger partial charge in [-0.1, -0.05) is 190 Å². The summed E-state index contributed by atoms with van der Waals surface area (Å²) in [6.45, 7) is 22.8. The van der Waals surface area contributed by atoms with E-state index in [1.807, 2.05) is 26.5 Å². The van der Waals surface area contributed by atoms with Crippen LogP contribution in [0.4, 0.5) is 0 Å². The van der Waals surface area contributed by atoms with Gasteiger partial charge in [0.2, 0.25) is 0 Å². The van der Waals surface area contributed by atoms with Gasteiger partial charge in [0.15, 0.2) is 0 Å². The minimum absolute atomic E-state index is 0. The number of rotatable bonds is 8. The fourth-order valence-electron chi connectivity index (χ4n) is 8.53. The molecular formula is C58H56IrN2SSi-2. The van der Waals surface area contributed by atoms with E-state index in [1.165, 1.54) is 69.9 Å². The maximum absolute atomic E-state index is 4.42. The van der Waals surface area contributed by atoms with E-state index in [0.29, 0.717) is 11.8 Å². The molecule has 63 heavy (non-hydrogen) atoms. The molecule has 3 heterocycles. The van der Waals surface area contributed by atoms with Gasteiger partial charge in [0.25, 0.3) is 0 Å². The van der Waals surface area contributed by atoms with E-state index >= 15 is 0 Å². The zero-order valence-electron chi connectivity index (χ0n) is 37.3. The molecule has 0 aliphatic carbocycles. The van der Waals surface area contributed by atoms with E-state index in [4.69, 9.17) is 0 Å². The Bertz CT molecular complexity index is 3020. The van der Waals surface area contributed by atoms with Gasteiger partial charge in [0.1, 0.15) is 0 Å². The van der Waals surface area contributed by atoms with E-state index in [9.17, 15) is 0 Å². The summed E-state index contributed by atoms with van der Waals surface area (Å²) in [5.74, 6) is 0.781. The first-order chi connectivity index (χ1) is 29.8. The molecule has 0 amide bonds. The Kier molecular flexibility index (Phi) is 13.6. The van der Waals surface area contributed by atoms with Crippen molar-refractivity contribution in [2.75, 3.05) is 0 Å². The van der Waals surface area contributed by atoms with Crippen molar-refractivity contribution in [2.24, 2.45) is 0 Å². The van der Waals surface area contributed by atoms with Crippen LogP contribution in [-0.4, -0.2) is 8.07 Å². The SMILES string of the molecule is [CH2-]c1cc(-c2ccccc2)ccc1-c1cc(C(C)C)c([Si](C)(C)C)c[n+]1[CH2-].[CH2-]c1ccc2c(sc3cc(-c4ccccc4)ccc32)c1-c1cc(C(C)c2ccccc2)cc[n+]1[CH2-].[Ir]. The third-order valence-corrected chi connectivity index (χ3v) is 15.3. The Hall–Kier alpha value is -5.81. The number of hydrogen-bond acceptors (Lipinski definition) is 1. The van der Waals surface area contributed by atoms with E-state index in [2.05, 4.69) is 232 Å². The van der Waals surface area contributed by atoms with Crippen LogP contribution in [0.15, 0.2) is 170 Å². The molecule has 0 N–H and O–H groups in total. The average Bonchev–Trinajstić information content (AvgIpc) is 3.65. The largest absolute Gasteiger partial charge is 0.343 e. The Morgan fingerprint density at radius 1 is 0.540 bits per heavy atom. The molecule has 0 aliphatic rings. The molecule has 319 valence electrons. The van der Waals surface area contributed by atoms with Crippen LogP contribution in [0.1, 0.15) is 60.4 Å². The predicted molar refractivity (Wildman–Crippen MR) is 269 cm³/mol. The van der Waals surface area contributed by atoms with Gasteiger partial charge in [-0.05, 0) is 54.9 Å². The van der Waals surface area contributed by atoms with Crippen molar-refractivity contribution in [3.63, 3.8) is 0 Å². The molecule has 0 saturated carbocycles. The van der Waals surface area contributed by atoms with E-state index in [1.54, 1.807) is 0 Å². The van der Waals surface area contributed by atoms with Crippen LogP contribution < -0.4 is 14.3 Å². The van der Waals surface area contributed by atoms with Crippen LogP contribution in [0.5, 0.6) is 0 Å². The summed E-state index contributed by atoms with van der Waals surface area (Å²) in [4.78, 5) is 0. The van der Waals surface area contributed by atoms with Gasteiger partial charge < -0.3 is 9.13 Å². The van der Waals surface area contributed by atoms with Gasteiger partial charge in [-0.25, -0.2) is 0 Å². The number of pyridine rings is 2. The first kappa shape index (κ1) is 45.2. The van der Waals surface area contributed by atoms with Crippen molar-refractivity contribution in [2.45, 2.75) is 52.2 Å². The number of aromatic nitrogens is 2. The summed E-state index contributed by atoms with van der Waals surface area (Å²) >= 11 is 1.84. The molecule has 3 aromatic heterocycles. The maximum atomic E-state index is 4.42. The Morgan fingerprint density at radius 3 is 1.73 bits per heavy atom. The second-order valence-corrected chi connectivity index (χ2v) is 23.8. The minimum Gasteiger partial charge on any atom is -0.343 e. The normalized spacial score (nSPS) is 11.9. The summed E-state index contributed by atoms with van der Waals surface area (Å²) in [5.41, 5.74) is 15.5. The number of benzene rings is 6. The summed E-state index contributed by atoms with van der Waals surface area (Å²) in [7, 11) is 7.18. The van der Waals surface area contributed by atoms with Gasteiger partial charge in [-0.15, -0.1) is 29.0 Å². The van der Waals surface area contributed by atoms with Crippen LogP contribution in [0, 0.1) is 27.9 Å². The number of hydrogen-bond donors (Lipinski definition) is 0. The maximum Gasteiger partial charge on any atom is 0.0709 e. The molecule has 0 spiro atoms. The molecular weight excluding hydrogens is 977 g/mol. The van der Waals surface area contributed by atoms with Gasteiger partial charge in [0, 0.05) is 44.8 Å². The van der Waals surface area contributed by atoms with Gasteiger partial charge in [-0.2, -0.15) is 37.1 Å². The van der Waals surface area contributed by atoms with Crippen molar-refractivity contribution >= 4 is 44.8 Å². The first-order valence-electron chi connectivity index (χ1n) is 21.5. The van der Waals surface area contributed by atoms with Crippen LogP contribution in [0.2, 0.25) is 19.6 Å². The van der Waals surface area contributed by atoms with Crippen LogP contribution in [-0.2, 0) is 20.1 Å². The molecule has 2 nitrogen and oxygen atoms in total. The Labute approximate surface area is 394 Å². The zero-order chi connectivity index (χ0) is 43.7. The summed E-state index contributed by atoms with van der Waals surface area (Å²) in [5, 5.41) is 4.05. The quantitative estimate of drug-likeness (QED) is 0.0814. The van der Waals surface area contributed by atoms with Crippen LogP contribution in [0.25, 0.3) is 64.9 Å². The average molecular weight is 1030 g/mol. The molecule has 9 rings (SSSR count). The minimum atomic E-state index is -1.44. The Morgan fingerprint density at radius 2 is 1.13 bits per heavy atom. The summed E-state index contributed by atoms with van der Waals surface area (Å²) in [6.07, 6.45) is 4.32. The fourth-order valence-corrected chi connectivity index (χ4v) is 11.6. The summed E-state index contributed by atoms with van der Waals surface area (Å²) < 4.78 is 6.56. The number of nitrogens with zero attached hydrogens (tertiary/aromatic N) is 2. The summed E-state index contributed by atoms with van der Waals surface area (Å²) in [6, 6.07) is 56.2. The van der Waals surface area contributed by atoms with Crippen molar-refractivity contribution in [3.05, 3.63) is 226 Å². The molecule has 1 unspecified atom stereocenters. The van der Waals surface area contributed by atoms with Crippen LogP contribution >= 0.6 is 11.3 Å². The second kappa shape index (κ2) is 18.9. The fraction of sp³-hybridized carbons (Fsp3) is 0.138. The first-order valence-corrected chi connectivity index (χ1v) is 25.8. The third kappa shape index (κ3) is 9.44. The standard InChI is InChI=1S/C33H26NS.C25H30NSi.Ir/c1-22-14-16-29-28-17-15-27(25-12-8-5-9-13-25)21-31(28)35-33(29)32(22)30-20-26(18-19-34(30)3)23(2)24-10-6-4-7-11-24;1-18(2)23-16-24(26(4)17-25(23)27(5,6)7)22-14-13-21(15-19(22)3)20-11-9-8-10-12-20;/h4-21,23H,1,3H2,2H3;8-18H,3-4H2,1-2,5-7H3;/q2*-1;. The molecule has 0 aliphatic heterocycles. The van der Waals surface area contributed by atoms with E-state index in [-0.39, 0.29) is 20.1 Å². The topological polar surface area (TPSA) is 7.76 Å². The molecule has 0 fully saturated rings. The molecule has 5 heteroatoms. The van der Waals surface area contributed by atoms with Crippen molar-refractivity contribution in [1.29, 1.82) is 0 Å². The predicted octanol–water partition coefficient (Wildman–Crippen LogP) is 14.4. The van der Waals surface area contributed by atoms with Gasteiger partial charge in [0.05, 0.1) is 31.9 Å². The zero-order valence-corrected chi connectivity index (χ0v) is 41.5. The number of fused-ring (bicyclic) bond motifs is 3. The van der Waals surface area contributed by atoms with Crippen molar-refractivity contribution in [3.8, 4) is 44.8 Å². The third-order valence-electron chi connectivity index (χ3n) is 12.1. The second-order valence-electron chi connectivity index (χ2n) is 17.7. The number of thiophene rings is 1. The van der Waals surface area contributed by atoms with E-state index in [0.717, 1.165) is 28.1 Å². The van der Waals surface area contributed by atoms with Crippen molar-refractivity contribution < 1.29 is 29.2 Å². The molecule has 1 atom stereocenters. The monoisotopic (exact) mass is 1030 g/mol. The van der Waals surface area contributed by atoms with Gasteiger partial charge >= 0.3 is 0 Å². The van der Waals surface area contributed by atoms with Gasteiger partial charge in [-0.3, -0.25) is 0 Å². The Balaban J connectivity index is 0.000000193. The van der Waals surface area contributed by atoms with E-state index < -0.39 is 8.07 Å².